The number of anilines is 2. The van der Waals surface area contributed by atoms with Crippen LogP contribution < -0.4 is 18.9 Å². The van der Waals surface area contributed by atoms with E-state index in [-0.39, 0.29) is 11.8 Å². The summed E-state index contributed by atoms with van der Waals surface area (Å²) in [7, 11) is 0. The van der Waals surface area contributed by atoms with E-state index in [4.69, 9.17) is 0 Å². The van der Waals surface area contributed by atoms with Gasteiger partial charge in [-0.15, -0.1) is 0 Å². The number of carbonyl (C=O) groups is 2. The highest BCUT2D eigenvalue weighted by atomic mass is 16.2. The molecule has 0 aliphatic carbocycles. The molecule has 178 valence electrons. The summed E-state index contributed by atoms with van der Waals surface area (Å²) in [5, 5.41) is 0. The van der Waals surface area contributed by atoms with E-state index in [0.29, 0.717) is 12.8 Å². The van der Waals surface area contributed by atoms with Crippen LogP contribution in [0.3, 0.4) is 0 Å². The smallest absolute Gasteiger partial charge is 0.227 e. The third-order valence-electron chi connectivity index (χ3n) is 7.02. The summed E-state index contributed by atoms with van der Waals surface area (Å²) in [6.07, 6.45) is 11.3. The monoisotopic (exact) mass is 476 g/mol. The van der Waals surface area contributed by atoms with Crippen molar-refractivity contribution in [2.45, 2.75) is 25.7 Å². The quantitative estimate of drug-likeness (QED) is 0.406. The number of hydrogen-bond acceptors (Lipinski definition) is 2. The predicted molar refractivity (Wildman–Crippen MR) is 138 cm³/mol. The standard InChI is InChI=1S/C30H28N4O2/c35-29-9-3-15-33(29)27-7-1-5-25(21-27)31-17-11-23(12-18-31)24-13-19-32(20-14-24)26-6-2-8-28(22-26)34-16-4-10-30(34)36/h1-2,5-8,11-14,17-22H,3-4,9-10,15-16H2/q+2. The summed E-state index contributed by atoms with van der Waals surface area (Å²) >= 11 is 0. The molecule has 0 bridgehead atoms. The molecule has 4 aromatic rings. The minimum absolute atomic E-state index is 0.199. The Kier molecular flexibility index (Phi) is 5.77. The number of aromatic nitrogens is 2. The van der Waals surface area contributed by atoms with Crippen LogP contribution in [0.4, 0.5) is 11.4 Å². The van der Waals surface area contributed by atoms with E-state index in [1.165, 1.54) is 0 Å². The van der Waals surface area contributed by atoms with Gasteiger partial charge in [-0.2, -0.15) is 9.13 Å². The van der Waals surface area contributed by atoms with Crippen molar-refractivity contribution in [1.29, 1.82) is 0 Å². The first-order chi connectivity index (χ1) is 17.7. The maximum Gasteiger partial charge on any atom is 0.227 e. The molecule has 0 saturated carbocycles. The Bertz CT molecular complexity index is 1320. The maximum atomic E-state index is 12.1. The summed E-state index contributed by atoms with van der Waals surface area (Å²) in [6, 6.07) is 24.7. The molecule has 0 unspecified atom stereocenters. The molecule has 2 aliphatic heterocycles. The average Bonchev–Trinajstić information content (AvgIpc) is 3.57. The first-order valence-electron chi connectivity index (χ1n) is 12.5. The second kappa shape index (κ2) is 9.38. The highest BCUT2D eigenvalue weighted by Crippen LogP contribution is 2.24. The third-order valence-corrected chi connectivity index (χ3v) is 7.02. The van der Waals surface area contributed by atoms with Gasteiger partial charge in [-0.3, -0.25) is 9.59 Å². The molecule has 2 amide bonds. The lowest BCUT2D eigenvalue weighted by Crippen LogP contribution is -2.31. The molecule has 0 atom stereocenters. The lowest BCUT2D eigenvalue weighted by molar-refractivity contribution is -0.596. The minimum Gasteiger partial charge on any atom is -0.312 e. The van der Waals surface area contributed by atoms with Crippen molar-refractivity contribution < 1.29 is 18.7 Å². The highest BCUT2D eigenvalue weighted by Gasteiger charge is 2.24. The van der Waals surface area contributed by atoms with Gasteiger partial charge in [-0.05, 0) is 36.1 Å². The van der Waals surface area contributed by atoms with Crippen LogP contribution in [0.15, 0.2) is 97.6 Å². The second-order valence-corrected chi connectivity index (χ2v) is 9.33. The summed E-state index contributed by atoms with van der Waals surface area (Å²) in [5.74, 6) is 0.398. The number of rotatable bonds is 5. The molecule has 2 aliphatic rings. The van der Waals surface area contributed by atoms with Crippen LogP contribution >= 0.6 is 0 Å². The summed E-state index contributed by atoms with van der Waals surface area (Å²) in [4.78, 5) is 28.0. The molecule has 2 saturated heterocycles. The lowest BCUT2D eigenvalue weighted by Gasteiger charge is -2.15. The number of amides is 2. The van der Waals surface area contributed by atoms with Crippen LogP contribution in [0, 0.1) is 0 Å². The molecule has 0 radical (unpaired) electrons. The third kappa shape index (κ3) is 4.26. The molecular weight excluding hydrogens is 448 g/mol. The van der Waals surface area contributed by atoms with Crippen molar-refractivity contribution in [3.05, 3.63) is 97.6 Å². The van der Waals surface area contributed by atoms with Gasteiger partial charge >= 0.3 is 0 Å². The van der Waals surface area contributed by atoms with Crippen molar-refractivity contribution in [1.82, 2.24) is 0 Å². The number of nitrogens with zero attached hydrogens (tertiary/aromatic N) is 4. The number of carbonyl (C=O) groups excluding carboxylic acids is 2. The Balaban J connectivity index is 1.20. The zero-order valence-electron chi connectivity index (χ0n) is 20.1. The normalized spacial score (nSPS) is 15.7. The zero-order valence-corrected chi connectivity index (χ0v) is 20.1. The molecule has 0 spiro atoms. The molecule has 0 N–H and O–H groups in total. The highest BCUT2D eigenvalue weighted by molar-refractivity contribution is 5.96. The van der Waals surface area contributed by atoms with E-state index in [1.54, 1.807) is 0 Å². The van der Waals surface area contributed by atoms with Gasteiger partial charge in [0, 0.05) is 74.5 Å². The van der Waals surface area contributed by atoms with E-state index in [2.05, 4.69) is 82.5 Å². The Morgan fingerprint density at radius 2 is 0.972 bits per heavy atom. The minimum atomic E-state index is 0.199. The topological polar surface area (TPSA) is 48.4 Å². The van der Waals surface area contributed by atoms with Crippen LogP contribution in [-0.4, -0.2) is 24.9 Å². The van der Waals surface area contributed by atoms with Crippen molar-refractivity contribution in [3.8, 4) is 22.5 Å². The number of hydrogen-bond donors (Lipinski definition) is 0. The predicted octanol–water partition coefficient (Wildman–Crippen LogP) is 4.16. The van der Waals surface area contributed by atoms with Crippen LogP contribution in [0.5, 0.6) is 0 Å². The van der Waals surface area contributed by atoms with E-state index in [9.17, 15) is 9.59 Å². The Morgan fingerprint density at radius 3 is 1.33 bits per heavy atom. The fourth-order valence-corrected chi connectivity index (χ4v) is 5.07. The number of benzene rings is 2. The Hall–Kier alpha value is -4.32. The summed E-state index contributed by atoms with van der Waals surface area (Å²) < 4.78 is 4.14. The van der Waals surface area contributed by atoms with Crippen molar-refractivity contribution in [3.63, 3.8) is 0 Å². The SMILES string of the molecule is O=C1CCCN1c1cccc(-[n+]2ccc(-c3cc[n+](-c4cccc(N5CCCC5=O)c4)cc3)cc2)c1. The van der Waals surface area contributed by atoms with Gasteiger partial charge < -0.3 is 9.80 Å². The summed E-state index contributed by atoms with van der Waals surface area (Å²) in [6.45, 7) is 1.58. The van der Waals surface area contributed by atoms with Crippen LogP contribution in [0.1, 0.15) is 25.7 Å². The Labute approximate surface area is 210 Å². The van der Waals surface area contributed by atoms with Crippen molar-refractivity contribution in [2.75, 3.05) is 22.9 Å². The maximum absolute atomic E-state index is 12.1. The van der Waals surface area contributed by atoms with E-state index < -0.39 is 0 Å². The van der Waals surface area contributed by atoms with Gasteiger partial charge in [0.1, 0.15) is 0 Å². The molecule has 2 aromatic carbocycles. The largest absolute Gasteiger partial charge is 0.312 e. The van der Waals surface area contributed by atoms with Crippen molar-refractivity contribution >= 4 is 23.2 Å². The molecule has 4 heterocycles. The molecule has 6 nitrogen and oxygen atoms in total. The fraction of sp³-hybridized carbons (Fsp3) is 0.200. The van der Waals surface area contributed by atoms with Gasteiger partial charge in [-0.1, -0.05) is 12.1 Å². The van der Waals surface area contributed by atoms with E-state index >= 15 is 0 Å². The first kappa shape index (κ1) is 22.2. The second-order valence-electron chi connectivity index (χ2n) is 9.33. The van der Waals surface area contributed by atoms with Crippen LogP contribution in [0.2, 0.25) is 0 Å². The van der Waals surface area contributed by atoms with Gasteiger partial charge in [0.05, 0.1) is 11.4 Å². The zero-order chi connectivity index (χ0) is 24.5. The van der Waals surface area contributed by atoms with Crippen LogP contribution in [-0.2, 0) is 9.59 Å². The van der Waals surface area contributed by atoms with Gasteiger partial charge in [-0.25, -0.2) is 0 Å². The van der Waals surface area contributed by atoms with Crippen molar-refractivity contribution in [2.24, 2.45) is 0 Å². The molecule has 6 heteroatoms. The van der Waals surface area contributed by atoms with Crippen LogP contribution in [0.25, 0.3) is 22.5 Å². The Morgan fingerprint density at radius 1 is 0.556 bits per heavy atom. The van der Waals surface area contributed by atoms with E-state index in [1.807, 2.05) is 34.1 Å². The fourth-order valence-electron chi connectivity index (χ4n) is 5.07. The lowest BCUT2D eigenvalue weighted by atomic mass is 10.1. The molecular formula is C30H28N4O2+2. The molecule has 36 heavy (non-hydrogen) atoms. The molecule has 2 aromatic heterocycles. The molecule has 2 fully saturated rings. The summed E-state index contributed by atoms with van der Waals surface area (Å²) in [5.41, 5.74) is 6.22. The average molecular weight is 477 g/mol. The first-order valence-corrected chi connectivity index (χ1v) is 12.5. The van der Waals surface area contributed by atoms with E-state index in [0.717, 1.165) is 59.8 Å². The molecule has 6 rings (SSSR count). The number of pyridine rings is 2. The van der Waals surface area contributed by atoms with Gasteiger partial charge in [0.15, 0.2) is 24.8 Å². The van der Waals surface area contributed by atoms with Gasteiger partial charge in [0.25, 0.3) is 0 Å². The van der Waals surface area contributed by atoms with Gasteiger partial charge in [0.2, 0.25) is 23.2 Å².